The minimum atomic E-state index is -0.602. The second kappa shape index (κ2) is 8.06. The van der Waals surface area contributed by atoms with Gasteiger partial charge in [0.1, 0.15) is 6.04 Å². The first-order valence-corrected chi connectivity index (χ1v) is 5.21. The minimum absolute atomic E-state index is 0. The fourth-order valence-corrected chi connectivity index (χ4v) is 1.40. The Morgan fingerprint density at radius 1 is 1.53 bits per heavy atom. The van der Waals surface area contributed by atoms with E-state index in [1.807, 2.05) is 31.2 Å². The lowest BCUT2D eigenvalue weighted by molar-refractivity contribution is -0.123. The van der Waals surface area contributed by atoms with Gasteiger partial charge in [-0.25, -0.2) is 0 Å². The van der Waals surface area contributed by atoms with E-state index in [0.717, 1.165) is 5.56 Å². The Bertz CT molecular complexity index is 358. The van der Waals surface area contributed by atoms with Gasteiger partial charge in [-0.1, -0.05) is 29.8 Å². The Balaban J connectivity index is 0.00000256. The number of hydrogen-bond donors (Lipinski definition) is 2. The molecule has 1 aromatic rings. The topological polar surface area (TPSA) is 64.3 Å². The van der Waals surface area contributed by atoms with Gasteiger partial charge in [-0.2, -0.15) is 0 Å². The smallest absolute Gasteiger partial charge is 0.239 e. The Morgan fingerprint density at radius 3 is 2.82 bits per heavy atom. The third-order valence-corrected chi connectivity index (χ3v) is 2.23. The van der Waals surface area contributed by atoms with Crippen LogP contribution in [-0.4, -0.2) is 25.7 Å². The monoisotopic (exact) mass is 258 g/mol. The summed E-state index contributed by atoms with van der Waals surface area (Å²) in [5, 5.41) is 2.77. The fourth-order valence-electron chi connectivity index (χ4n) is 1.40. The van der Waals surface area contributed by atoms with Crippen molar-refractivity contribution in [3.8, 4) is 0 Å². The molecule has 1 aromatic carbocycles. The van der Waals surface area contributed by atoms with E-state index < -0.39 is 6.04 Å². The lowest BCUT2D eigenvalue weighted by Gasteiger charge is -2.11. The molecule has 0 aliphatic carbocycles. The maximum Gasteiger partial charge on any atom is 0.239 e. The highest BCUT2D eigenvalue weighted by atomic mass is 35.5. The number of hydrogen-bond acceptors (Lipinski definition) is 3. The van der Waals surface area contributed by atoms with Crippen LogP contribution >= 0.6 is 12.4 Å². The summed E-state index contributed by atoms with van der Waals surface area (Å²) in [6.07, 6.45) is 0. The SMILES string of the molecule is COCC(N)C(=O)NCc1cccc(C)c1.Cl. The van der Waals surface area contributed by atoms with Gasteiger partial charge in [-0.05, 0) is 12.5 Å². The van der Waals surface area contributed by atoms with Crippen LogP contribution in [0.25, 0.3) is 0 Å². The highest BCUT2D eigenvalue weighted by Crippen LogP contribution is 2.03. The molecule has 0 aliphatic heterocycles. The predicted octanol–water partition coefficient (Wildman–Crippen LogP) is 1.01. The number of carbonyl (C=O) groups is 1. The lowest BCUT2D eigenvalue weighted by Crippen LogP contribution is -2.43. The average molecular weight is 259 g/mol. The third-order valence-electron chi connectivity index (χ3n) is 2.23. The molecule has 0 saturated carbocycles. The molecular weight excluding hydrogens is 240 g/mol. The molecule has 0 fully saturated rings. The Labute approximate surface area is 108 Å². The number of ether oxygens (including phenoxy) is 1. The summed E-state index contributed by atoms with van der Waals surface area (Å²) in [5.74, 6) is -0.191. The standard InChI is InChI=1S/C12H18N2O2.ClH/c1-9-4-3-5-10(6-9)7-14-12(15)11(13)8-16-2;/h3-6,11H,7-8,13H2,1-2H3,(H,14,15);1H. The van der Waals surface area contributed by atoms with Crippen LogP contribution in [-0.2, 0) is 16.1 Å². The van der Waals surface area contributed by atoms with Crippen molar-refractivity contribution in [2.75, 3.05) is 13.7 Å². The van der Waals surface area contributed by atoms with Gasteiger partial charge in [0.15, 0.2) is 0 Å². The Hall–Kier alpha value is -1.10. The van der Waals surface area contributed by atoms with Crippen molar-refractivity contribution >= 4 is 18.3 Å². The van der Waals surface area contributed by atoms with Crippen molar-refractivity contribution in [3.63, 3.8) is 0 Å². The number of halogens is 1. The predicted molar refractivity (Wildman–Crippen MR) is 70.1 cm³/mol. The second-order valence-electron chi connectivity index (χ2n) is 3.77. The van der Waals surface area contributed by atoms with Gasteiger partial charge in [-0.15, -0.1) is 12.4 Å². The van der Waals surface area contributed by atoms with E-state index in [-0.39, 0.29) is 24.9 Å². The van der Waals surface area contributed by atoms with Gasteiger partial charge in [0.2, 0.25) is 5.91 Å². The number of nitrogens with two attached hydrogens (primary N) is 1. The summed E-state index contributed by atoms with van der Waals surface area (Å²) in [4.78, 5) is 11.5. The van der Waals surface area contributed by atoms with E-state index in [4.69, 9.17) is 10.5 Å². The van der Waals surface area contributed by atoms with Crippen molar-refractivity contribution in [2.24, 2.45) is 5.73 Å². The molecule has 0 spiro atoms. The molecule has 1 unspecified atom stereocenters. The quantitative estimate of drug-likeness (QED) is 0.828. The van der Waals surface area contributed by atoms with Gasteiger partial charge in [-0.3, -0.25) is 4.79 Å². The van der Waals surface area contributed by atoms with E-state index in [9.17, 15) is 4.79 Å². The van der Waals surface area contributed by atoms with Crippen molar-refractivity contribution < 1.29 is 9.53 Å². The molecular formula is C12H19ClN2O2. The van der Waals surface area contributed by atoms with Crippen LogP contribution in [0, 0.1) is 6.92 Å². The molecule has 96 valence electrons. The van der Waals surface area contributed by atoms with Crippen LogP contribution in [0.15, 0.2) is 24.3 Å². The Kier molecular flexibility index (Phi) is 7.54. The zero-order valence-corrected chi connectivity index (χ0v) is 10.9. The van der Waals surface area contributed by atoms with Crippen LogP contribution in [0.3, 0.4) is 0 Å². The van der Waals surface area contributed by atoms with E-state index in [1.165, 1.54) is 12.7 Å². The number of rotatable bonds is 5. The second-order valence-corrected chi connectivity index (χ2v) is 3.77. The molecule has 4 nitrogen and oxygen atoms in total. The van der Waals surface area contributed by atoms with Crippen molar-refractivity contribution in [1.82, 2.24) is 5.32 Å². The normalized spacial score (nSPS) is 11.5. The van der Waals surface area contributed by atoms with Crippen molar-refractivity contribution in [3.05, 3.63) is 35.4 Å². The lowest BCUT2D eigenvalue weighted by atomic mass is 10.1. The summed E-state index contributed by atoms with van der Waals surface area (Å²) in [6, 6.07) is 7.38. The van der Waals surface area contributed by atoms with Crippen molar-refractivity contribution in [2.45, 2.75) is 19.5 Å². The molecule has 3 N–H and O–H groups in total. The van der Waals surface area contributed by atoms with Gasteiger partial charge in [0.05, 0.1) is 6.61 Å². The molecule has 17 heavy (non-hydrogen) atoms. The molecule has 1 amide bonds. The first kappa shape index (κ1) is 15.9. The highest BCUT2D eigenvalue weighted by Gasteiger charge is 2.11. The first-order chi connectivity index (χ1) is 7.63. The third kappa shape index (κ3) is 5.68. The van der Waals surface area contributed by atoms with Crippen LogP contribution in [0.5, 0.6) is 0 Å². The molecule has 0 aromatic heterocycles. The Morgan fingerprint density at radius 2 is 2.24 bits per heavy atom. The number of nitrogens with one attached hydrogen (secondary N) is 1. The van der Waals surface area contributed by atoms with Crippen LogP contribution in [0.1, 0.15) is 11.1 Å². The zero-order valence-electron chi connectivity index (χ0n) is 10.1. The summed E-state index contributed by atoms with van der Waals surface area (Å²) in [5.41, 5.74) is 7.83. The van der Waals surface area contributed by atoms with E-state index in [1.54, 1.807) is 0 Å². The van der Waals surface area contributed by atoms with Crippen LogP contribution < -0.4 is 11.1 Å². The number of methoxy groups -OCH3 is 1. The number of carbonyl (C=O) groups excluding carboxylic acids is 1. The molecule has 5 heteroatoms. The molecule has 0 heterocycles. The number of amides is 1. The summed E-state index contributed by atoms with van der Waals surface area (Å²) in [7, 11) is 1.52. The van der Waals surface area contributed by atoms with E-state index in [2.05, 4.69) is 5.32 Å². The summed E-state index contributed by atoms with van der Waals surface area (Å²) >= 11 is 0. The molecule has 1 rings (SSSR count). The molecule has 0 radical (unpaired) electrons. The largest absolute Gasteiger partial charge is 0.383 e. The molecule has 0 bridgehead atoms. The van der Waals surface area contributed by atoms with E-state index >= 15 is 0 Å². The van der Waals surface area contributed by atoms with Crippen molar-refractivity contribution in [1.29, 1.82) is 0 Å². The summed E-state index contributed by atoms with van der Waals surface area (Å²) in [6.45, 7) is 2.75. The van der Waals surface area contributed by atoms with Gasteiger partial charge in [0.25, 0.3) is 0 Å². The first-order valence-electron chi connectivity index (χ1n) is 5.21. The molecule has 1 atom stereocenters. The van der Waals surface area contributed by atoms with Crippen LogP contribution in [0.2, 0.25) is 0 Å². The maximum atomic E-state index is 11.5. The minimum Gasteiger partial charge on any atom is -0.383 e. The number of benzene rings is 1. The zero-order chi connectivity index (χ0) is 12.0. The van der Waals surface area contributed by atoms with Gasteiger partial charge < -0.3 is 15.8 Å². The van der Waals surface area contributed by atoms with E-state index in [0.29, 0.717) is 6.54 Å². The van der Waals surface area contributed by atoms with Crippen LogP contribution in [0.4, 0.5) is 0 Å². The molecule has 0 aliphatic rings. The summed E-state index contributed by atoms with van der Waals surface area (Å²) < 4.78 is 4.81. The van der Waals surface area contributed by atoms with Gasteiger partial charge >= 0.3 is 0 Å². The number of aryl methyl sites for hydroxylation is 1. The maximum absolute atomic E-state index is 11.5. The highest BCUT2D eigenvalue weighted by molar-refractivity contribution is 5.85. The average Bonchev–Trinajstić information content (AvgIpc) is 2.26. The fraction of sp³-hybridized carbons (Fsp3) is 0.417. The molecule has 0 saturated heterocycles. The van der Waals surface area contributed by atoms with Gasteiger partial charge in [0, 0.05) is 13.7 Å².